The fraction of sp³-hybridized carbons (Fsp3) is 0.192. The number of carboxylic acid groups (broad SMARTS) is 1. The Morgan fingerprint density at radius 2 is 2.00 bits per heavy atom. The molecule has 8 heteroatoms. The Labute approximate surface area is 201 Å². The van der Waals surface area contributed by atoms with Crippen LogP contribution in [0, 0.1) is 6.92 Å². The SMILES string of the molecule is Cc1cc(CN)ccn1.O=C(O)c1cnc(Oc2ccc3c(c2)CCC(c2ccccc2)O3)s1. The molecule has 0 saturated heterocycles. The van der Waals surface area contributed by atoms with Gasteiger partial charge in [0.2, 0.25) is 0 Å². The summed E-state index contributed by atoms with van der Waals surface area (Å²) in [7, 11) is 0. The van der Waals surface area contributed by atoms with Gasteiger partial charge in [-0.2, -0.15) is 0 Å². The molecule has 0 fully saturated rings. The Morgan fingerprint density at radius 3 is 2.68 bits per heavy atom. The highest BCUT2D eigenvalue weighted by atomic mass is 32.1. The van der Waals surface area contributed by atoms with Crippen LogP contribution in [0.1, 0.15) is 44.6 Å². The van der Waals surface area contributed by atoms with Gasteiger partial charge in [-0.25, -0.2) is 9.78 Å². The van der Waals surface area contributed by atoms with Crippen molar-refractivity contribution in [3.63, 3.8) is 0 Å². The van der Waals surface area contributed by atoms with Gasteiger partial charge in [0.15, 0.2) is 0 Å². The second kappa shape index (κ2) is 10.9. The lowest BCUT2D eigenvalue weighted by atomic mass is 9.97. The number of hydrogen-bond acceptors (Lipinski definition) is 7. The maximum Gasteiger partial charge on any atom is 0.347 e. The maximum atomic E-state index is 10.9. The first kappa shape index (κ1) is 23.4. The van der Waals surface area contributed by atoms with Crippen molar-refractivity contribution in [3.05, 3.63) is 100 Å². The Kier molecular flexibility index (Phi) is 7.51. The number of thiazole rings is 1. The van der Waals surface area contributed by atoms with Crippen LogP contribution in [0.3, 0.4) is 0 Å². The summed E-state index contributed by atoms with van der Waals surface area (Å²) < 4.78 is 11.8. The van der Waals surface area contributed by atoms with E-state index in [9.17, 15) is 4.79 Å². The predicted molar refractivity (Wildman–Crippen MR) is 131 cm³/mol. The number of hydrogen-bond donors (Lipinski definition) is 2. The van der Waals surface area contributed by atoms with Gasteiger partial charge in [0, 0.05) is 18.4 Å². The Balaban J connectivity index is 0.000000257. The summed E-state index contributed by atoms with van der Waals surface area (Å²) in [4.78, 5) is 19.1. The fourth-order valence-electron chi connectivity index (χ4n) is 3.57. The molecule has 4 aromatic rings. The van der Waals surface area contributed by atoms with Crippen LogP contribution < -0.4 is 15.2 Å². The number of aromatic nitrogens is 2. The molecule has 1 atom stereocenters. The molecule has 1 unspecified atom stereocenters. The number of nitrogens with two attached hydrogens (primary N) is 1. The Bertz CT molecular complexity index is 1260. The molecule has 0 bridgehead atoms. The van der Waals surface area contributed by atoms with Gasteiger partial charge in [0.1, 0.15) is 22.5 Å². The van der Waals surface area contributed by atoms with Crippen molar-refractivity contribution in [1.82, 2.24) is 9.97 Å². The predicted octanol–water partition coefficient (Wildman–Crippen LogP) is 5.55. The van der Waals surface area contributed by atoms with E-state index in [0.29, 0.717) is 17.5 Å². The van der Waals surface area contributed by atoms with Crippen LogP contribution in [-0.4, -0.2) is 21.0 Å². The summed E-state index contributed by atoms with van der Waals surface area (Å²) >= 11 is 1.01. The molecule has 1 aliphatic heterocycles. The lowest BCUT2D eigenvalue weighted by Gasteiger charge is -2.26. The topological polar surface area (TPSA) is 108 Å². The van der Waals surface area contributed by atoms with Crippen molar-refractivity contribution >= 4 is 17.3 Å². The highest BCUT2D eigenvalue weighted by molar-refractivity contribution is 7.15. The van der Waals surface area contributed by atoms with Gasteiger partial charge in [0.25, 0.3) is 5.19 Å². The number of carbonyl (C=O) groups is 1. The van der Waals surface area contributed by atoms with Crippen LogP contribution >= 0.6 is 11.3 Å². The average Bonchev–Trinajstić information content (AvgIpc) is 3.33. The van der Waals surface area contributed by atoms with Crippen LogP contribution in [-0.2, 0) is 13.0 Å². The lowest BCUT2D eigenvalue weighted by Crippen LogP contribution is -2.15. The van der Waals surface area contributed by atoms with Crippen molar-refractivity contribution in [2.24, 2.45) is 5.73 Å². The molecule has 174 valence electrons. The normalized spacial score (nSPS) is 14.2. The van der Waals surface area contributed by atoms with Crippen molar-refractivity contribution in [2.75, 3.05) is 0 Å². The third-order valence-corrected chi connectivity index (χ3v) is 6.11. The summed E-state index contributed by atoms with van der Waals surface area (Å²) in [6, 6.07) is 19.7. The summed E-state index contributed by atoms with van der Waals surface area (Å²) in [6.07, 6.45) is 4.94. The van der Waals surface area contributed by atoms with E-state index in [1.165, 1.54) is 11.8 Å². The fourth-order valence-corrected chi connectivity index (χ4v) is 4.19. The van der Waals surface area contributed by atoms with E-state index in [1.54, 1.807) is 6.20 Å². The van der Waals surface area contributed by atoms with Gasteiger partial charge in [-0.15, -0.1) is 0 Å². The van der Waals surface area contributed by atoms with Crippen LogP contribution in [0.2, 0.25) is 0 Å². The zero-order chi connectivity index (χ0) is 23.9. The number of ether oxygens (including phenoxy) is 2. The molecule has 3 N–H and O–H groups in total. The van der Waals surface area contributed by atoms with E-state index >= 15 is 0 Å². The second-order valence-electron chi connectivity index (χ2n) is 7.73. The number of fused-ring (bicyclic) bond motifs is 1. The molecule has 2 aromatic heterocycles. The highest BCUT2D eigenvalue weighted by Gasteiger charge is 2.22. The molecule has 0 radical (unpaired) electrons. The first-order valence-electron chi connectivity index (χ1n) is 10.8. The largest absolute Gasteiger partial charge is 0.485 e. The molecule has 7 nitrogen and oxygen atoms in total. The molecule has 2 aromatic carbocycles. The van der Waals surface area contributed by atoms with E-state index < -0.39 is 5.97 Å². The van der Waals surface area contributed by atoms with Gasteiger partial charge in [0.05, 0.1) is 6.20 Å². The number of pyridine rings is 1. The standard InChI is InChI=1S/C19H15NO4S.C7H10N2/c21-18(22)17-11-20-19(25-17)23-14-7-9-16-13(10-14)6-8-15(24-16)12-4-2-1-3-5-12;1-6-4-7(5-8)2-3-9-6/h1-5,7,9-11,15H,6,8H2,(H,21,22);2-4H,5,8H2,1H3. The smallest absolute Gasteiger partial charge is 0.347 e. The number of aryl methyl sites for hydroxylation is 2. The summed E-state index contributed by atoms with van der Waals surface area (Å²) in [6.45, 7) is 2.56. The third kappa shape index (κ3) is 5.98. The van der Waals surface area contributed by atoms with Crippen molar-refractivity contribution in [1.29, 1.82) is 0 Å². The Hall–Kier alpha value is -3.75. The van der Waals surface area contributed by atoms with E-state index in [-0.39, 0.29) is 11.0 Å². The summed E-state index contributed by atoms with van der Waals surface area (Å²) in [5.74, 6) is 0.489. The molecule has 0 saturated carbocycles. The minimum absolute atomic E-state index is 0.0672. The van der Waals surface area contributed by atoms with Crippen LogP contribution in [0.5, 0.6) is 16.7 Å². The summed E-state index contributed by atoms with van der Waals surface area (Å²) in [5.41, 5.74) is 9.82. The number of rotatable bonds is 5. The highest BCUT2D eigenvalue weighted by Crippen LogP contribution is 2.37. The number of aromatic carboxylic acids is 1. The number of nitrogens with zero attached hydrogens (tertiary/aromatic N) is 2. The van der Waals surface area contributed by atoms with Gasteiger partial charge in [-0.1, -0.05) is 41.7 Å². The molecule has 1 aliphatic rings. The molecule has 0 amide bonds. The zero-order valence-corrected chi connectivity index (χ0v) is 19.5. The number of benzene rings is 2. The first-order chi connectivity index (χ1) is 16.5. The van der Waals surface area contributed by atoms with Gasteiger partial charge >= 0.3 is 5.97 Å². The zero-order valence-electron chi connectivity index (χ0n) is 18.7. The van der Waals surface area contributed by atoms with Crippen LogP contribution in [0.25, 0.3) is 0 Å². The first-order valence-corrected chi connectivity index (χ1v) is 11.7. The molecular formula is C26H25N3O4S. The van der Waals surface area contributed by atoms with Crippen molar-refractivity contribution in [3.8, 4) is 16.7 Å². The van der Waals surface area contributed by atoms with E-state index in [2.05, 4.69) is 22.1 Å². The van der Waals surface area contributed by atoms with E-state index in [4.69, 9.17) is 20.3 Å². The van der Waals surface area contributed by atoms with Crippen LogP contribution in [0.4, 0.5) is 0 Å². The molecule has 3 heterocycles. The molecule has 0 aliphatic carbocycles. The third-order valence-electron chi connectivity index (χ3n) is 5.25. The van der Waals surface area contributed by atoms with Gasteiger partial charge in [-0.3, -0.25) is 4.98 Å². The molecule has 34 heavy (non-hydrogen) atoms. The number of carboxylic acids is 1. The second-order valence-corrected chi connectivity index (χ2v) is 8.73. The molecule has 0 spiro atoms. The average molecular weight is 476 g/mol. The van der Waals surface area contributed by atoms with Gasteiger partial charge in [-0.05, 0) is 66.8 Å². The van der Waals surface area contributed by atoms with Crippen molar-refractivity contribution in [2.45, 2.75) is 32.4 Å². The minimum atomic E-state index is -1.00. The summed E-state index contributed by atoms with van der Waals surface area (Å²) in [5, 5.41) is 9.26. The maximum absolute atomic E-state index is 10.9. The lowest BCUT2D eigenvalue weighted by molar-refractivity contribution is 0.0702. The minimum Gasteiger partial charge on any atom is -0.485 e. The monoisotopic (exact) mass is 475 g/mol. The molecular weight excluding hydrogens is 450 g/mol. The van der Waals surface area contributed by atoms with Crippen molar-refractivity contribution < 1.29 is 19.4 Å². The van der Waals surface area contributed by atoms with E-state index in [0.717, 1.165) is 46.7 Å². The quantitative estimate of drug-likeness (QED) is 0.390. The Morgan fingerprint density at radius 1 is 1.18 bits per heavy atom. The van der Waals surface area contributed by atoms with Crippen LogP contribution in [0.15, 0.2) is 73.1 Å². The van der Waals surface area contributed by atoms with E-state index in [1.807, 2.05) is 55.5 Å². The molecule has 5 rings (SSSR count). The van der Waals surface area contributed by atoms with Gasteiger partial charge < -0.3 is 20.3 Å².